The summed E-state index contributed by atoms with van der Waals surface area (Å²) < 4.78 is 18.1. The van der Waals surface area contributed by atoms with Crippen LogP contribution in [0.2, 0.25) is 0 Å². The lowest BCUT2D eigenvalue weighted by Crippen LogP contribution is -2.09. The van der Waals surface area contributed by atoms with Crippen LogP contribution in [0.4, 0.5) is 15.8 Å². The maximum atomic E-state index is 13.3. The van der Waals surface area contributed by atoms with Crippen LogP contribution in [0, 0.1) is 22.9 Å². The third kappa shape index (κ3) is 4.49. The number of esters is 1. The number of nitrogens with zero attached hydrogens (tertiary/aromatic N) is 1. The summed E-state index contributed by atoms with van der Waals surface area (Å²) in [5, 5.41) is 13.7. The summed E-state index contributed by atoms with van der Waals surface area (Å²) >= 11 is 0. The van der Waals surface area contributed by atoms with E-state index >= 15 is 0 Å². The number of ether oxygens (including phenoxy) is 1. The van der Waals surface area contributed by atoms with Crippen LogP contribution in [0.3, 0.4) is 0 Å². The number of hydrogen-bond donors (Lipinski definition) is 1. The average Bonchev–Trinajstić information content (AvgIpc) is 2.38. The predicted molar refractivity (Wildman–Crippen MR) is 72.1 cm³/mol. The van der Waals surface area contributed by atoms with Crippen LogP contribution >= 0.6 is 0 Å². The zero-order valence-electron chi connectivity index (χ0n) is 11.4. The molecule has 0 saturated carbocycles. The van der Waals surface area contributed by atoms with Gasteiger partial charge in [0.2, 0.25) is 0 Å². The maximum Gasteiger partial charge on any atom is 0.305 e. The molecule has 7 heteroatoms. The molecule has 0 fully saturated rings. The fourth-order valence-electron chi connectivity index (χ4n) is 1.65. The lowest BCUT2D eigenvalue weighted by Gasteiger charge is -2.08. The number of carbonyl (C=O) groups excluding carboxylic acids is 1. The molecule has 0 aliphatic carbocycles. The lowest BCUT2D eigenvalue weighted by atomic mass is 10.1. The molecule has 0 aliphatic heterocycles. The normalized spacial score (nSPS) is 10.2. The van der Waals surface area contributed by atoms with E-state index in [1.807, 2.05) is 0 Å². The second-order valence-corrected chi connectivity index (χ2v) is 4.21. The van der Waals surface area contributed by atoms with Crippen molar-refractivity contribution in [3.05, 3.63) is 33.6 Å². The van der Waals surface area contributed by atoms with Crippen LogP contribution in [-0.2, 0) is 9.53 Å². The van der Waals surface area contributed by atoms with Gasteiger partial charge in [-0.1, -0.05) is 0 Å². The molecule has 0 aromatic heterocycles. The summed E-state index contributed by atoms with van der Waals surface area (Å²) in [7, 11) is 0. The van der Waals surface area contributed by atoms with Crippen molar-refractivity contribution in [3.8, 4) is 0 Å². The number of halogens is 1. The molecule has 0 heterocycles. The molecular weight excluding hydrogens is 267 g/mol. The van der Waals surface area contributed by atoms with Crippen LogP contribution in [0.15, 0.2) is 12.1 Å². The van der Waals surface area contributed by atoms with Crippen molar-refractivity contribution < 1.29 is 18.8 Å². The largest absolute Gasteiger partial charge is 0.466 e. The van der Waals surface area contributed by atoms with E-state index in [2.05, 4.69) is 5.32 Å². The molecule has 1 N–H and O–H groups in total. The summed E-state index contributed by atoms with van der Waals surface area (Å²) in [5.41, 5.74) is 0.255. The van der Waals surface area contributed by atoms with E-state index in [0.29, 0.717) is 25.1 Å². The van der Waals surface area contributed by atoms with Gasteiger partial charge in [0.05, 0.1) is 17.6 Å². The van der Waals surface area contributed by atoms with Gasteiger partial charge in [-0.2, -0.15) is 0 Å². The second-order valence-electron chi connectivity index (χ2n) is 4.21. The van der Waals surface area contributed by atoms with E-state index < -0.39 is 10.7 Å². The van der Waals surface area contributed by atoms with E-state index in [-0.39, 0.29) is 23.8 Å². The van der Waals surface area contributed by atoms with Crippen LogP contribution in [0.25, 0.3) is 0 Å². The van der Waals surface area contributed by atoms with Crippen LogP contribution in [-0.4, -0.2) is 24.0 Å². The van der Waals surface area contributed by atoms with E-state index in [9.17, 15) is 19.3 Å². The minimum Gasteiger partial charge on any atom is -0.466 e. The number of anilines is 1. The monoisotopic (exact) mass is 284 g/mol. The van der Waals surface area contributed by atoms with Crippen LogP contribution in [0.5, 0.6) is 0 Å². The molecule has 0 aliphatic rings. The van der Waals surface area contributed by atoms with Gasteiger partial charge < -0.3 is 10.1 Å². The number of rotatable bonds is 7. The van der Waals surface area contributed by atoms with Gasteiger partial charge in [0.15, 0.2) is 0 Å². The summed E-state index contributed by atoms with van der Waals surface area (Å²) in [4.78, 5) is 21.3. The predicted octanol–water partition coefficient (Wildman–Crippen LogP) is 2.80. The molecule has 20 heavy (non-hydrogen) atoms. The molecule has 1 rings (SSSR count). The smallest absolute Gasteiger partial charge is 0.305 e. The highest BCUT2D eigenvalue weighted by Gasteiger charge is 2.16. The van der Waals surface area contributed by atoms with Crippen molar-refractivity contribution in [1.82, 2.24) is 0 Å². The standard InChI is InChI=1S/C13H17FN2O4/c1-3-20-13(17)5-4-6-15-11-7-9(2)10(14)8-12(11)16(18)19/h7-8,15H,3-6H2,1-2H3. The van der Waals surface area contributed by atoms with Gasteiger partial charge in [-0.05, 0) is 31.9 Å². The Hall–Kier alpha value is -2.18. The van der Waals surface area contributed by atoms with Crippen molar-refractivity contribution in [3.63, 3.8) is 0 Å². The Morgan fingerprint density at radius 1 is 1.50 bits per heavy atom. The zero-order chi connectivity index (χ0) is 15.1. The number of nitro groups is 1. The number of nitrogens with one attached hydrogen (secondary N) is 1. The zero-order valence-corrected chi connectivity index (χ0v) is 11.4. The molecular formula is C13H17FN2O4. The molecule has 1 aromatic carbocycles. The number of nitro benzene ring substituents is 1. The minimum atomic E-state index is -0.643. The highest BCUT2D eigenvalue weighted by atomic mass is 19.1. The van der Waals surface area contributed by atoms with E-state index in [0.717, 1.165) is 6.07 Å². The topological polar surface area (TPSA) is 81.5 Å². The minimum absolute atomic E-state index is 0.231. The van der Waals surface area contributed by atoms with Gasteiger partial charge in [0, 0.05) is 13.0 Å². The molecule has 0 amide bonds. The number of carbonyl (C=O) groups is 1. The molecule has 1 aromatic rings. The van der Waals surface area contributed by atoms with Crippen LogP contribution < -0.4 is 5.32 Å². The Balaban J connectivity index is 2.61. The van der Waals surface area contributed by atoms with Crippen molar-refractivity contribution in [1.29, 1.82) is 0 Å². The van der Waals surface area contributed by atoms with Gasteiger partial charge in [0.25, 0.3) is 5.69 Å². The van der Waals surface area contributed by atoms with Gasteiger partial charge in [0.1, 0.15) is 11.5 Å². The third-order valence-corrected chi connectivity index (χ3v) is 2.65. The van der Waals surface area contributed by atoms with Crippen molar-refractivity contribution in [2.75, 3.05) is 18.5 Å². The number of aryl methyl sites for hydroxylation is 1. The Morgan fingerprint density at radius 2 is 2.20 bits per heavy atom. The van der Waals surface area contributed by atoms with Crippen molar-refractivity contribution in [2.45, 2.75) is 26.7 Å². The first-order valence-corrected chi connectivity index (χ1v) is 6.29. The van der Waals surface area contributed by atoms with Crippen molar-refractivity contribution >= 4 is 17.3 Å². The van der Waals surface area contributed by atoms with Gasteiger partial charge in [-0.25, -0.2) is 4.39 Å². The molecule has 0 atom stereocenters. The molecule has 0 radical (unpaired) electrons. The van der Waals surface area contributed by atoms with Crippen LogP contribution in [0.1, 0.15) is 25.3 Å². The Bertz CT molecular complexity index is 505. The highest BCUT2D eigenvalue weighted by molar-refractivity contribution is 5.69. The molecule has 0 saturated heterocycles. The summed E-state index contributed by atoms with van der Waals surface area (Å²) in [6, 6.07) is 2.28. The van der Waals surface area contributed by atoms with Gasteiger partial charge >= 0.3 is 5.97 Å². The fourth-order valence-corrected chi connectivity index (χ4v) is 1.65. The van der Waals surface area contributed by atoms with Gasteiger partial charge in [-0.3, -0.25) is 14.9 Å². The Labute approximate surface area is 116 Å². The fraction of sp³-hybridized carbons (Fsp3) is 0.462. The second kappa shape index (κ2) is 7.42. The van der Waals surface area contributed by atoms with E-state index in [1.54, 1.807) is 6.92 Å². The first-order valence-electron chi connectivity index (χ1n) is 6.29. The highest BCUT2D eigenvalue weighted by Crippen LogP contribution is 2.27. The molecule has 6 nitrogen and oxygen atoms in total. The molecule has 110 valence electrons. The van der Waals surface area contributed by atoms with E-state index in [4.69, 9.17) is 4.74 Å². The third-order valence-electron chi connectivity index (χ3n) is 2.65. The summed E-state index contributed by atoms with van der Waals surface area (Å²) in [6.07, 6.45) is 0.710. The molecule has 0 bridgehead atoms. The summed E-state index contributed by atoms with van der Waals surface area (Å²) in [6.45, 7) is 3.95. The first kappa shape index (κ1) is 15.9. The quantitative estimate of drug-likeness (QED) is 0.360. The summed E-state index contributed by atoms with van der Waals surface area (Å²) in [5.74, 6) is -0.923. The van der Waals surface area contributed by atoms with E-state index in [1.165, 1.54) is 13.0 Å². The first-order chi connectivity index (χ1) is 9.45. The SMILES string of the molecule is CCOC(=O)CCCNc1cc(C)c(F)cc1[N+](=O)[O-]. The van der Waals surface area contributed by atoms with Crippen molar-refractivity contribution in [2.24, 2.45) is 0 Å². The Kier molecular flexibility index (Phi) is 5.89. The average molecular weight is 284 g/mol. The number of benzene rings is 1. The lowest BCUT2D eigenvalue weighted by molar-refractivity contribution is -0.384. The van der Waals surface area contributed by atoms with Gasteiger partial charge in [-0.15, -0.1) is 0 Å². The maximum absolute atomic E-state index is 13.3. The molecule has 0 unspecified atom stereocenters. The Morgan fingerprint density at radius 3 is 2.80 bits per heavy atom. The molecule has 0 spiro atoms. The number of hydrogen-bond acceptors (Lipinski definition) is 5.